The molecule has 1 fully saturated rings. The molecule has 4 rings (SSSR count). The van der Waals surface area contributed by atoms with Gasteiger partial charge in [0.25, 0.3) is 0 Å². The van der Waals surface area contributed by atoms with Crippen molar-refractivity contribution in [1.82, 2.24) is 14.5 Å². The molecule has 0 bridgehead atoms. The molecular weight excluding hydrogens is 274 g/mol. The van der Waals surface area contributed by atoms with Crippen LogP contribution in [-0.2, 0) is 7.05 Å². The van der Waals surface area contributed by atoms with E-state index < -0.39 is 0 Å². The van der Waals surface area contributed by atoms with Crippen molar-refractivity contribution in [2.45, 2.75) is 12.0 Å². The minimum atomic E-state index is 0.0989. The van der Waals surface area contributed by atoms with E-state index in [2.05, 4.69) is 39.3 Å². The molecule has 0 unspecified atom stereocenters. The summed E-state index contributed by atoms with van der Waals surface area (Å²) in [6.07, 6.45) is 5.78. The second-order valence-corrected chi connectivity index (χ2v) is 5.99. The third-order valence-corrected chi connectivity index (χ3v) is 4.44. The molecular formula is C17H19N5. The van der Waals surface area contributed by atoms with E-state index in [9.17, 15) is 0 Å². The molecule has 0 amide bonds. The van der Waals surface area contributed by atoms with Gasteiger partial charge in [0.05, 0.1) is 17.5 Å². The maximum Gasteiger partial charge on any atom is 0.0946 e. The average molecular weight is 293 g/mol. The summed E-state index contributed by atoms with van der Waals surface area (Å²) >= 11 is 0. The van der Waals surface area contributed by atoms with Crippen LogP contribution in [0.25, 0.3) is 10.9 Å². The van der Waals surface area contributed by atoms with Crippen molar-refractivity contribution < 1.29 is 0 Å². The fourth-order valence-corrected chi connectivity index (χ4v) is 3.32. The quantitative estimate of drug-likeness (QED) is 0.784. The van der Waals surface area contributed by atoms with Crippen molar-refractivity contribution in [3.63, 3.8) is 0 Å². The van der Waals surface area contributed by atoms with Crippen molar-refractivity contribution >= 4 is 16.6 Å². The van der Waals surface area contributed by atoms with Gasteiger partial charge in [0.1, 0.15) is 0 Å². The molecule has 1 aliphatic rings. The maximum absolute atomic E-state index is 6.39. The van der Waals surface area contributed by atoms with Gasteiger partial charge in [-0.3, -0.25) is 4.98 Å². The Balaban J connectivity index is 1.69. The summed E-state index contributed by atoms with van der Waals surface area (Å²) in [5.74, 6) is 0.271. The van der Waals surface area contributed by atoms with Crippen molar-refractivity contribution in [1.29, 1.82) is 0 Å². The minimum Gasteiger partial charge on any atom is -0.369 e. The largest absolute Gasteiger partial charge is 0.369 e. The summed E-state index contributed by atoms with van der Waals surface area (Å²) in [6.45, 7) is 1.74. The van der Waals surface area contributed by atoms with Crippen molar-refractivity contribution in [3.8, 4) is 0 Å². The van der Waals surface area contributed by atoms with Crippen LogP contribution in [0.15, 0.2) is 49.1 Å². The van der Waals surface area contributed by atoms with Crippen LogP contribution in [0.4, 0.5) is 5.69 Å². The topological polar surface area (TPSA) is 60.0 Å². The van der Waals surface area contributed by atoms with Gasteiger partial charge in [0.15, 0.2) is 0 Å². The molecule has 5 heteroatoms. The number of nitrogens with zero attached hydrogens (tertiary/aromatic N) is 4. The first-order valence-corrected chi connectivity index (χ1v) is 7.54. The Hall–Kier alpha value is -2.40. The zero-order valence-corrected chi connectivity index (χ0v) is 12.6. The molecule has 2 aromatic heterocycles. The molecule has 1 aromatic carbocycles. The van der Waals surface area contributed by atoms with E-state index in [1.807, 2.05) is 36.3 Å². The van der Waals surface area contributed by atoms with Gasteiger partial charge in [-0.1, -0.05) is 18.2 Å². The smallest absolute Gasteiger partial charge is 0.0946 e. The van der Waals surface area contributed by atoms with Gasteiger partial charge in [-0.25, -0.2) is 4.98 Å². The number of rotatable bonds is 2. The van der Waals surface area contributed by atoms with E-state index in [0.717, 1.165) is 24.3 Å². The van der Waals surface area contributed by atoms with Crippen molar-refractivity contribution in [3.05, 3.63) is 54.7 Å². The molecule has 3 heterocycles. The second kappa shape index (κ2) is 5.10. The van der Waals surface area contributed by atoms with Gasteiger partial charge in [-0.05, 0) is 12.1 Å². The average Bonchev–Trinajstić information content (AvgIpc) is 3.12. The molecule has 112 valence electrons. The number of imidazole rings is 1. The number of para-hydroxylation sites is 1. The summed E-state index contributed by atoms with van der Waals surface area (Å²) < 4.78 is 1.98. The third-order valence-electron chi connectivity index (χ3n) is 4.44. The molecule has 2 atom stereocenters. The van der Waals surface area contributed by atoms with Crippen LogP contribution in [0.3, 0.4) is 0 Å². The Kier molecular flexibility index (Phi) is 3.08. The predicted octanol–water partition coefficient (Wildman–Crippen LogP) is 1.90. The summed E-state index contributed by atoms with van der Waals surface area (Å²) in [7, 11) is 1.99. The lowest BCUT2D eigenvalue weighted by atomic mass is 10.0. The van der Waals surface area contributed by atoms with E-state index in [1.54, 1.807) is 0 Å². The van der Waals surface area contributed by atoms with Gasteiger partial charge in [0.2, 0.25) is 0 Å². The summed E-state index contributed by atoms with van der Waals surface area (Å²) in [5, 5.41) is 1.18. The van der Waals surface area contributed by atoms with E-state index in [4.69, 9.17) is 5.73 Å². The molecule has 22 heavy (non-hydrogen) atoms. The van der Waals surface area contributed by atoms with Gasteiger partial charge < -0.3 is 15.2 Å². The highest BCUT2D eigenvalue weighted by molar-refractivity contribution is 5.91. The zero-order valence-electron chi connectivity index (χ0n) is 12.6. The number of fused-ring (bicyclic) bond motifs is 1. The normalized spacial score (nSPS) is 21.6. The van der Waals surface area contributed by atoms with E-state index in [0.29, 0.717) is 0 Å². The summed E-state index contributed by atoms with van der Waals surface area (Å²) in [5.41, 5.74) is 9.70. The highest BCUT2D eigenvalue weighted by Gasteiger charge is 2.33. The molecule has 1 saturated heterocycles. The number of hydrogen-bond acceptors (Lipinski definition) is 4. The Labute approximate surface area is 129 Å². The lowest BCUT2D eigenvalue weighted by Crippen LogP contribution is -2.28. The maximum atomic E-state index is 6.39. The lowest BCUT2D eigenvalue weighted by molar-refractivity contribution is 0.639. The van der Waals surface area contributed by atoms with E-state index in [1.165, 1.54) is 11.1 Å². The molecule has 0 radical (unpaired) electrons. The fourth-order valence-electron chi connectivity index (χ4n) is 3.32. The number of pyridine rings is 1. The molecule has 5 nitrogen and oxygen atoms in total. The highest BCUT2D eigenvalue weighted by Crippen LogP contribution is 2.32. The Morgan fingerprint density at radius 1 is 1.14 bits per heavy atom. The van der Waals surface area contributed by atoms with E-state index in [-0.39, 0.29) is 12.0 Å². The van der Waals surface area contributed by atoms with Gasteiger partial charge in [-0.2, -0.15) is 0 Å². The Morgan fingerprint density at radius 3 is 2.82 bits per heavy atom. The standard InChI is InChI=1S/C17H19N5/c1-21-10-16(20-11-21)13-8-22(9-14(13)18)17-6-7-19-15-5-3-2-4-12(15)17/h2-7,10-11,13-14H,8-9,18H2,1H3/t13-,14-/m1/s1. The number of hydrogen-bond donors (Lipinski definition) is 1. The first-order valence-electron chi connectivity index (χ1n) is 7.54. The van der Waals surface area contributed by atoms with Crippen LogP contribution in [0, 0.1) is 0 Å². The molecule has 1 aliphatic heterocycles. The number of nitrogens with two attached hydrogens (primary N) is 1. The molecule has 0 spiro atoms. The molecule has 0 aliphatic carbocycles. The highest BCUT2D eigenvalue weighted by atomic mass is 15.2. The minimum absolute atomic E-state index is 0.0989. The van der Waals surface area contributed by atoms with Crippen LogP contribution < -0.4 is 10.6 Å². The SMILES string of the molecule is Cn1cnc([C@@H]2CN(c3ccnc4ccccc34)C[C@H]2N)c1. The molecule has 0 saturated carbocycles. The Morgan fingerprint density at radius 2 is 2.00 bits per heavy atom. The number of anilines is 1. The van der Waals surface area contributed by atoms with Crippen LogP contribution in [0.2, 0.25) is 0 Å². The van der Waals surface area contributed by atoms with Crippen LogP contribution in [0.1, 0.15) is 11.6 Å². The third kappa shape index (κ3) is 2.14. The Bertz CT molecular complexity index is 804. The van der Waals surface area contributed by atoms with Gasteiger partial charge in [0, 0.05) is 55.6 Å². The second-order valence-electron chi connectivity index (χ2n) is 5.99. The number of benzene rings is 1. The predicted molar refractivity (Wildman–Crippen MR) is 87.9 cm³/mol. The van der Waals surface area contributed by atoms with E-state index >= 15 is 0 Å². The first kappa shape index (κ1) is 13.3. The zero-order chi connectivity index (χ0) is 15.1. The van der Waals surface area contributed by atoms with Gasteiger partial charge >= 0.3 is 0 Å². The number of aromatic nitrogens is 3. The van der Waals surface area contributed by atoms with Gasteiger partial charge in [-0.15, -0.1) is 0 Å². The van der Waals surface area contributed by atoms with Crippen LogP contribution in [-0.4, -0.2) is 33.7 Å². The molecule has 2 N–H and O–H groups in total. The van der Waals surface area contributed by atoms with Crippen LogP contribution >= 0.6 is 0 Å². The first-order chi connectivity index (χ1) is 10.7. The van der Waals surface area contributed by atoms with Crippen LogP contribution in [0.5, 0.6) is 0 Å². The number of aryl methyl sites for hydroxylation is 1. The lowest BCUT2D eigenvalue weighted by Gasteiger charge is -2.20. The van der Waals surface area contributed by atoms with Crippen molar-refractivity contribution in [2.24, 2.45) is 12.8 Å². The fraction of sp³-hybridized carbons (Fsp3) is 0.294. The summed E-state index contributed by atoms with van der Waals surface area (Å²) in [6, 6.07) is 10.4. The summed E-state index contributed by atoms with van der Waals surface area (Å²) in [4.78, 5) is 11.3. The van der Waals surface area contributed by atoms with Crippen molar-refractivity contribution in [2.75, 3.05) is 18.0 Å². The molecule has 3 aromatic rings. The monoisotopic (exact) mass is 293 g/mol.